The van der Waals surface area contributed by atoms with Crippen molar-refractivity contribution >= 4 is 0 Å². The van der Waals surface area contributed by atoms with Gasteiger partial charge in [-0.05, 0) is 93.1 Å². The number of hydrogen-bond donors (Lipinski definition) is 1. The third kappa shape index (κ3) is 4.75. The number of aliphatic hydroxyl groups excluding tert-OH is 1. The Bertz CT molecular complexity index is 693. The Labute approximate surface area is 181 Å². The highest BCUT2D eigenvalue weighted by molar-refractivity contribution is 5.27. The number of hydrogen-bond acceptors (Lipinski definition) is 2. The molecule has 30 heavy (non-hydrogen) atoms. The first kappa shape index (κ1) is 22.2. The van der Waals surface area contributed by atoms with Gasteiger partial charge >= 0.3 is 0 Å². The summed E-state index contributed by atoms with van der Waals surface area (Å²) in [4.78, 5) is 2.38. The van der Waals surface area contributed by atoms with Gasteiger partial charge < -0.3 is 10.0 Å². The molecule has 0 spiro atoms. The highest BCUT2D eigenvalue weighted by Crippen LogP contribution is 2.58. The summed E-state index contributed by atoms with van der Waals surface area (Å²) in [7, 11) is 0. The summed E-state index contributed by atoms with van der Waals surface area (Å²) >= 11 is 0. The molecule has 4 atom stereocenters. The zero-order valence-corrected chi connectivity index (χ0v) is 18.6. The Morgan fingerprint density at radius 2 is 2.00 bits per heavy atom. The van der Waals surface area contributed by atoms with Gasteiger partial charge in [0.05, 0.1) is 6.10 Å². The van der Waals surface area contributed by atoms with Crippen LogP contribution in [0.25, 0.3) is 0 Å². The van der Waals surface area contributed by atoms with Crippen molar-refractivity contribution in [2.45, 2.75) is 83.7 Å². The van der Waals surface area contributed by atoms with E-state index in [-0.39, 0.29) is 18.4 Å². The fourth-order valence-electron chi connectivity index (χ4n) is 6.78. The van der Waals surface area contributed by atoms with Crippen LogP contribution in [0.4, 0.5) is 8.78 Å². The smallest absolute Gasteiger partial charge is 0.239 e. The minimum Gasteiger partial charge on any atom is -0.388 e. The molecule has 4 heteroatoms. The molecule has 0 bridgehead atoms. The lowest BCUT2D eigenvalue weighted by Gasteiger charge is -2.44. The van der Waals surface area contributed by atoms with Gasteiger partial charge in [-0.3, -0.25) is 0 Å². The van der Waals surface area contributed by atoms with Crippen LogP contribution in [0.1, 0.15) is 71.1 Å². The fourth-order valence-corrected chi connectivity index (χ4v) is 6.78. The first-order valence-corrected chi connectivity index (χ1v) is 12.1. The first-order chi connectivity index (χ1) is 14.3. The second-order valence-corrected chi connectivity index (χ2v) is 10.7. The molecule has 0 aromatic rings. The first-order valence-electron chi connectivity index (χ1n) is 12.1. The molecule has 0 aromatic heterocycles. The summed E-state index contributed by atoms with van der Waals surface area (Å²) < 4.78 is 25.0. The molecule has 0 radical (unpaired) electrons. The van der Waals surface area contributed by atoms with E-state index in [4.69, 9.17) is 0 Å². The van der Waals surface area contributed by atoms with Crippen LogP contribution in [0.3, 0.4) is 0 Å². The molecule has 1 heterocycles. The molecule has 3 saturated carbocycles. The van der Waals surface area contributed by atoms with Crippen molar-refractivity contribution < 1.29 is 13.9 Å². The van der Waals surface area contributed by atoms with Gasteiger partial charge in [0.15, 0.2) is 0 Å². The van der Waals surface area contributed by atoms with E-state index in [1.807, 2.05) is 0 Å². The van der Waals surface area contributed by atoms with Crippen LogP contribution >= 0.6 is 0 Å². The van der Waals surface area contributed by atoms with Crippen LogP contribution in [0, 0.1) is 23.2 Å². The van der Waals surface area contributed by atoms with Crippen LogP contribution in [-0.4, -0.2) is 42.2 Å². The lowest BCUT2D eigenvalue weighted by Crippen LogP contribution is -2.48. The molecule has 1 N–H and O–H groups in total. The van der Waals surface area contributed by atoms with E-state index in [1.165, 1.54) is 44.1 Å². The van der Waals surface area contributed by atoms with E-state index in [1.54, 1.807) is 5.57 Å². The summed E-state index contributed by atoms with van der Waals surface area (Å²) in [5.74, 6) is 1.66. The van der Waals surface area contributed by atoms with Crippen LogP contribution in [-0.2, 0) is 0 Å². The van der Waals surface area contributed by atoms with Crippen molar-refractivity contribution in [3.8, 4) is 0 Å². The number of rotatable bonds is 6. The van der Waals surface area contributed by atoms with Crippen molar-refractivity contribution in [2.24, 2.45) is 23.2 Å². The fraction of sp³-hybridized carbons (Fsp3) is 0.769. The summed E-state index contributed by atoms with van der Waals surface area (Å²) in [6.45, 7) is 9.30. The Hall–Kier alpha value is -1.00. The highest BCUT2D eigenvalue weighted by atomic mass is 19.3. The molecule has 2 nitrogen and oxygen atoms in total. The van der Waals surface area contributed by atoms with E-state index >= 15 is 0 Å². The number of aliphatic hydroxyl groups is 1. The van der Waals surface area contributed by atoms with Gasteiger partial charge in [0.25, 0.3) is 0 Å². The topological polar surface area (TPSA) is 23.5 Å². The number of fused-ring (bicyclic) bond motifs is 1. The van der Waals surface area contributed by atoms with Gasteiger partial charge in [-0.1, -0.05) is 36.8 Å². The lowest BCUT2D eigenvalue weighted by molar-refractivity contribution is 0.0269. The number of halogens is 2. The Kier molecular flexibility index (Phi) is 6.84. The summed E-state index contributed by atoms with van der Waals surface area (Å²) in [5, 5.41) is 10.1. The second kappa shape index (κ2) is 9.24. The largest absolute Gasteiger partial charge is 0.388 e. The Morgan fingerprint density at radius 3 is 2.73 bits per heavy atom. The van der Waals surface area contributed by atoms with Gasteiger partial charge in [-0.15, -0.1) is 0 Å². The maximum atomic E-state index is 12.5. The van der Waals surface area contributed by atoms with Crippen molar-refractivity contribution in [2.75, 3.05) is 19.6 Å². The second-order valence-electron chi connectivity index (χ2n) is 10.7. The molecule has 3 aliphatic carbocycles. The maximum absolute atomic E-state index is 12.5. The maximum Gasteiger partial charge on any atom is 0.239 e. The minimum absolute atomic E-state index is 0.0779. The minimum atomic E-state index is -2.15. The van der Waals surface area contributed by atoms with Gasteiger partial charge in [0.2, 0.25) is 6.43 Å². The zero-order valence-electron chi connectivity index (χ0n) is 18.6. The van der Waals surface area contributed by atoms with Gasteiger partial charge in [0, 0.05) is 19.5 Å². The molecule has 4 aliphatic rings. The molecule has 4 rings (SSSR count). The number of likely N-dealkylation sites (tertiary alicyclic amines) is 1. The number of allylic oxidation sites excluding steroid dienone is 3. The molecule has 1 aliphatic heterocycles. The van der Waals surface area contributed by atoms with Crippen molar-refractivity contribution in [3.05, 3.63) is 35.5 Å². The molecule has 0 amide bonds. The third-order valence-corrected chi connectivity index (χ3v) is 8.73. The molecule has 2 unspecified atom stereocenters. The number of alkyl halides is 2. The standard InChI is InChI=1S/C26H39F2NO/c1-18-5-6-19(14-24(18)30)7-8-21-4-3-12-26(2)22(9-10-23(21)26)11-13-29-16-20(17-29)15-25(27)28/h7-8,20,22-25,30H,1,3-6,9-17H2,2H3/b19-7-,21-8+/t22-,23?,24?,26-/m1/s1. The van der Waals surface area contributed by atoms with Crippen LogP contribution in [0.5, 0.6) is 0 Å². The predicted molar refractivity (Wildman–Crippen MR) is 119 cm³/mol. The molecule has 1 saturated heterocycles. The van der Waals surface area contributed by atoms with Crippen LogP contribution in [0.2, 0.25) is 0 Å². The van der Waals surface area contributed by atoms with Crippen molar-refractivity contribution in [1.29, 1.82) is 0 Å². The summed E-state index contributed by atoms with van der Waals surface area (Å²) in [6, 6.07) is 0. The van der Waals surface area contributed by atoms with E-state index in [0.29, 0.717) is 11.3 Å². The quantitative estimate of drug-likeness (QED) is 0.523. The van der Waals surface area contributed by atoms with Gasteiger partial charge in [-0.2, -0.15) is 0 Å². The van der Waals surface area contributed by atoms with Gasteiger partial charge in [-0.25, -0.2) is 8.78 Å². The molecule has 0 aromatic carbocycles. The monoisotopic (exact) mass is 419 g/mol. The Morgan fingerprint density at radius 1 is 1.20 bits per heavy atom. The molecular weight excluding hydrogens is 380 g/mol. The SMILES string of the molecule is C=C1CC/C(=C/C=C2\CCC[C@@]3(C)C2CC[C@@H]3CCN2CC(CC(F)F)C2)CC1O. The average Bonchev–Trinajstić information content (AvgIpc) is 3.01. The van der Waals surface area contributed by atoms with Gasteiger partial charge in [0.1, 0.15) is 0 Å². The molecular formula is C26H39F2NO. The molecule has 4 fully saturated rings. The van der Waals surface area contributed by atoms with E-state index in [0.717, 1.165) is 50.4 Å². The van der Waals surface area contributed by atoms with Crippen LogP contribution in [0.15, 0.2) is 35.5 Å². The zero-order chi connectivity index (χ0) is 21.3. The summed E-state index contributed by atoms with van der Waals surface area (Å²) in [6.07, 6.45) is 12.6. The Balaban J connectivity index is 1.32. The highest BCUT2D eigenvalue weighted by Gasteiger charge is 2.49. The van der Waals surface area contributed by atoms with Crippen molar-refractivity contribution in [3.63, 3.8) is 0 Å². The van der Waals surface area contributed by atoms with E-state index in [9.17, 15) is 13.9 Å². The predicted octanol–water partition coefficient (Wildman–Crippen LogP) is 6.13. The molecule has 168 valence electrons. The third-order valence-electron chi connectivity index (χ3n) is 8.73. The van der Waals surface area contributed by atoms with Crippen LogP contribution < -0.4 is 0 Å². The number of nitrogens with zero attached hydrogens (tertiary/aromatic N) is 1. The van der Waals surface area contributed by atoms with Crippen molar-refractivity contribution in [1.82, 2.24) is 4.90 Å². The van der Waals surface area contributed by atoms with E-state index < -0.39 is 6.43 Å². The summed E-state index contributed by atoms with van der Waals surface area (Å²) in [5.41, 5.74) is 4.36. The average molecular weight is 420 g/mol. The van der Waals surface area contributed by atoms with E-state index in [2.05, 4.69) is 30.6 Å². The normalized spacial score (nSPS) is 38.4. The lowest BCUT2D eigenvalue weighted by atomic mass is 9.63.